The first-order valence-electron chi connectivity index (χ1n) is 7.85. The summed E-state index contributed by atoms with van der Waals surface area (Å²) in [6.45, 7) is 9.94. The van der Waals surface area contributed by atoms with Crippen LogP contribution in [0.15, 0.2) is 42.5 Å². The maximum Gasteiger partial charge on any atom is 0.00967 e. The van der Waals surface area contributed by atoms with Gasteiger partial charge in [0.15, 0.2) is 0 Å². The molecule has 1 nitrogen and oxygen atoms in total. The van der Waals surface area contributed by atoms with Gasteiger partial charge in [0.25, 0.3) is 0 Å². The molecule has 1 aromatic carbocycles. The molecule has 2 rings (SSSR count). The molecule has 2 heteroatoms. The van der Waals surface area contributed by atoms with Gasteiger partial charge in [-0.05, 0) is 51.3 Å². The van der Waals surface area contributed by atoms with Crippen LogP contribution in [0.4, 0.5) is 0 Å². The number of thiophene rings is 1. The van der Waals surface area contributed by atoms with Crippen LogP contribution in [-0.2, 0) is 12.8 Å². The molecule has 1 atom stereocenters. The second-order valence-electron chi connectivity index (χ2n) is 6.66. The molecule has 0 saturated carbocycles. The SMILES string of the molecule is CCc1ccc(CC(CNC(C)(C)C)c2ccccc2)s1. The summed E-state index contributed by atoms with van der Waals surface area (Å²) in [6, 6.07) is 15.5. The van der Waals surface area contributed by atoms with E-state index in [0.29, 0.717) is 5.92 Å². The molecule has 0 aliphatic carbocycles. The molecule has 1 heterocycles. The first-order chi connectivity index (χ1) is 9.98. The lowest BCUT2D eigenvalue weighted by molar-refractivity contribution is 0.405. The number of rotatable bonds is 6. The fourth-order valence-electron chi connectivity index (χ4n) is 2.43. The third-order valence-electron chi connectivity index (χ3n) is 3.66. The molecule has 1 aromatic heterocycles. The predicted molar refractivity (Wildman–Crippen MR) is 94.3 cm³/mol. The molecule has 2 aromatic rings. The molecule has 0 aliphatic heterocycles. The van der Waals surface area contributed by atoms with Crippen molar-refractivity contribution in [3.8, 4) is 0 Å². The second-order valence-corrected chi connectivity index (χ2v) is 7.92. The van der Waals surface area contributed by atoms with Gasteiger partial charge in [0.05, 0.1) is 0 Å². The lowest BCUT2D eigenvalue weighted by Crippen LogP contribution is -2.38. The summed E-state index contributed by atoms with van der Waals surface area (Å²) >= 11 is 1.96. The van der Waals surface area contributed by atoms with Crippen molar-refractivity contribution in [3.05, 3.63) is 57.8 Å². The second kappa shape index (κ2) is 7.24. The minimum absolute atomic E-state index is 0.164. The zero-order valence-corrected chi connectivity index (χ0v) is 14.5. The average molecular weight is 301 g/mol. The highest BCUT2D eigenvalue weighted by Crippen LogP contribution is 2.26. The van der Waals surface area contributed by atoms with E-state index in [-0.39, 0.29) is 5.54 Å². The maximum atomic E-state index is 3.67. The zero-order valence-electron chi connectivity index (χ0n) is 13.6. The molecule has 0 spiro atoms. The smallest absolute Gasteiger partial charge is 0.00967 e. The summed E-state index contributed by atoms with van der Waals surface area (Å²) in [6.07, 6.45) is 2.26. The van der Waals surface area contributed by atoms with E-state index in [1.54, 1.807) is 0 Å². The van der Waals surface area contributed by atoms with E-state index >= 15 is 0 Å². The van der Waals surface area contributed by atoms with Gasteiger partial charge >= 0.3 is 0 Å². The van der Waals surface area contributed by atoms with E-state index in [0.717, 1.165) is 19.4 Å². The van der Waals surface area contributed by atoms with Crippen LogP contribution in [0.25, 0.3) is 0 Å². The van der Waals surface area contributed by atoms with E-state index in [1.165, 1.54) is 15.3 Å². The molecule has 0 radical (unpaired) electrons. The van der Waals surface area contributed by atoms with Crippen molar-refractivity contribution < 1.29 is 0 Å². The fraction of sp³-hybridized carbons (Fsp3) is 0.474. The van der Waals surface area contributed by atoms with Crippen molar-refractivity contribution in [1.29, 1.82) is 0 Å². The van der Waals surface area contributed by atoms with E-state index in [2.05, 4.69) is 75.5 Å². The monoisotopic (exact) mass is 301 g/mol. The summed E-state index contributed by atoms with van der Waals surface area (Å²) in [7, 11) is 0. The molecule has 114 valence electrons. The Bertz CT molecular complexity index is 536. The number of hydrogen-bond donors (Lipinski definition) is 1. The maximum absolute atomic E-state index is 3.67. The van der Waals surface area contributed by atoms with Gasteiger partial charge < -0.3 is 5.32 Å². The van der Waals surface area contributed by atoms with Crippen LogP contribution >= 0.6 is 11.3 Å². The van der Waals surface area contributed by atoms with Gasteiger partial charge in [0.2, 0.25) is 0 Å². The van der Waals surface area contributed by atoms with Crippen molar-refractivity contribution in [1.82, 2.24) is 5.32 Å². The standard InChI is InChI=1S/C19H27NS/c1-5-17-11-12-18(21-17)13-16(14-20-19(2,3)4)15-9-7-6-8-10-15/h6-12,16,20H,5,13-14H2,1-4H3. The predicted octanol–water partition coefficient (Wildman–Crippen LogP) is 5.02. The minimum atomic E-state index is 0.164. The van der Waals surface area contributed by atoms with E-state index in [1.807, 2.05) is 11.3 Å². The van der Waals surface area contributed by atoms with Crippen molar-refractivity contribution in [3.63, 3.8) is 0 Å². The largest absolute Gasteiger partial charge is 0.311 e. The zero-order chi connectivity index (χ0) is 15.3. The topological polar surface area (TPSA) is 12.0 Å². The van der Waals surface area contributed by atoms with Crippen LogP contribution in [0, 0.1) is 0 Å². The van der Waals surface area contributed by atoms with Crippen LogP contribution in [0.5, 0.6) is 0 Å². The quantitative estimate of drug-likeness (QED) is 0.789. The van der Waals surface area contributed by atoms with Crippen LogP contribution in [0.3, 0.4) is 0 Å². The third kappa shape index (κ3) is 5.29. The van der Waals surface area contributed by atoms with Gasteiger partial charge in [-0.25, -0.2) is 0 Å². The Morgan fingerprint density at radius 1 is 1.00 bits per heavy atom. The van der Waals surface area contributed by atoms with Gasteiger partial charge in [-0.1, -0.05) is 37.3 Å². The Balaban J connectivity index is 2.11. The van der Waals surface area contributed by atoms with Crippen LogP contribution in [-0.4, -0.2) is 12.1 Å². The molecule has 0 amide bonds. The first kappa shape index (κ1) is 16.3. The highest BCUT2D eigenvalue weighted by atomic mass is 32.1. The Hall–Kier alpha value is -1.12. The van der Waals surface area contributed by atoms with Crippen LogP contribution < -0.4 is 5.32 Å². The number of nitrogens with one attached hydrogen (secondary N) is 1. The molecular weight excluding hydrogens is 274 g/mol. The van der Waals surface area contributed by atoms with Crippen molar-refractivity contribution in [2.75, 3.05) is 6.54 Å². The van der Waals surface area contributed by atoms with Crippen LogP contribution in [0.1, 0.15) is 48.9 Å². The fourth-order valence-corrected chi connectivity index (χ4v) is 3.47. The van der Waals surface area contributed by atoms with Gasteiger partial charge in [0, 0.05) is 27.8 Å². The molecule has 1 N–H and O–H groups in total. The lowest BCUT2D eigenvalue weighted by Gasteiger charge is -2.25. The summed E-state index contributed by atoms with van der Waals surface area (Å²) in [4.78, 5) is 2.98. The van der Waals surface area contributed by atoms with Crippen LogP contribution in [0.2, 0.25) is 0 Å². The molecule has 0 bridgehead atoms. The van der Waals surface area contributed by atoms with E-state index < -0.39 is 0 Å². The number of benzene rings is 1. The Labute approximate surface area is 133 Å². The Morgan fingerprint density at radius 2 is 1.67 bits per heavy atom. The highest BCUT2D eigenvalue weighted by Gasteiger charge is 2.17. The van der Waals surface area contributed by atoms with Gasteiger partial charge in [0.1, 0.15) is 0 Å². The summed E-state index contributed by atoms with van der Waals surface area (Å²) in [5.41, 5.74) is 1.59. The van der Waals surface area contributed by atoms with Crippen molar-refractivity contribution in [2.24, 2.45) is 0 Å². The molecule has 1 unspecified atom stereocenters. The van der Waals surface area contributed by atoms with E-state index in [4.69, 9.17) is 0 Å². The molecule has 21 heavy (non-hydrogen) atoms. The number of hydrogen-bond acceptors (Lipinski definition) is 2. The van der Waals surface area contributed by atoms with Crippen molar-refractivity contribution >= 4 is 11.3 Å². The highest BCUT2D eigenvalue weighted by molar-refractivity contribution is 7.11. The van der Waals surface area contributed by atoms with E-state index in [9.17, 15) is 0 Å². The van der Waals surface area contributed by atoms with Crippen molar-refractivity contribution in [2.45, 2.75) is 52.0 Å². The van der Waals surface area contributed by atoms with Gasteiger partial charge in [-0.2, -0.15) is 0 Å². The molecule has 0 saturated heterocycles. The summed E-state index contributed by atoms with van der Waals surface area (Å²) < 4.78 is 0. The average Bonchev–Trinajstić information content (AvgIpc) is 2.91. The first-order valence-corrected chi connectivity index (χ1v) is 8.67. The molecule has 0 fully saturated rings. The molecule has 0 aliphatic rings. The number of aryl methyl sites for hydroxylation is 1. The Morgan fingerprint density at radius 3 is 2.24 bits per heavy atom. The minimum Gasteiger partial charge on any atom is -0.311 e. The summed E-state index contributed by atoms with van der Waals surface area (Å²) in [5, 5.41) is 3.67. The normalized spacial score (nSPS) is 13.3. The lowest BCUT2D eigenvalue weighted by atomic mass is 9.94. The van der Waals surface area contributed by atoms with Gasteiger partial charge in [-0.3, -0.25) is 0 Å². The summed E-state index contributed by atoms with van der Waals surface area (Å²) in [5.74, 6) is 0.536. The molecular formula is C19H27NS. The van der Waals surface area contributed by atoms with Gasteiger partial charge in [-0.15, -0.1) is 11.3 Å². The third-order valence-corrected chi connectivity index (χ3v) is 4.92. The Kier molecular flexibility index (Phi) is 5.60.